The lowest BCUT2D eigenvalue weighted by molar-refractivity contribution is -0.142. The zero-order valence-corrected chi connectivity index (χ0v) is 11.2. The van der Waals surface area contributed by atoms with E-state index in [0.29, 0.717) is 11.3 Å². The maximum absolute atomic E-state index is 11.6. The number of rotatable bonds is 0. The molecule has 2 saturated carbocycles. The van der Waals surface area contributed by atoms with Crippen LogP contribution in [0.5, 0.6) is 0 Å². The number of esters is 1. The zero-order chi connectivity index (χ0) is 13.8. The Balaban J connectivity index is 1.93. The number of ether oxygens (including phenoxy) is 1. The van der Waals surface area contributed by atoms with Gasteiger partial charge in [-0.15, -0.1) is 0 Å². The first kappa shape index (κ1) is 12.5. The quantitative estimate of drug-likeness (QED) is 0.315. The van der Waals surface area contributed by atoms with Crippen molar-refractivity contribution >= 4 is 11.7 Å². The third kappa shape index (κ3) is 1.66. The molecule has 0 spiro atoms. The minimum absolute atomic E-state index is 0.0262. The Kier molecular flexibility index (Phi) is 2.59. The molecule has 3 fully saturated rings. The van der Waals surface area contributed by atoms with Crippen LogP contribution in [0.25, 0.3) is 0 Å². The van der Waals surface area contributed by atoms with E-state index in [2.05, 4.69) is 25.2 Å². The summed E-state index contributed by atoms with van der Waals surface area (Å²) in [7, 11) is 0. The molecule has 1 heterocycles. The number of nitrogens with zero attached hydrogens (tertiary/aromatic N) is 1. The van der Waals surface area contributed by atoms with Crippen molar-refractivity contribution in [2.75, 3.05) is 0 Å². The van der Waals surface area contributed by atoms with Gasteiger partial charge in [0.05, 0.1) is 5.71 Å². The third-order valence-electron chi connectivity index (χ3n) is 5.26. The SMILES string of the molecule is C=C1C(=O)O[C@@H]2C[C@@]3(C)CC/C(=N/O)C(=C)[C@@H]3C[C@H]12. The maximum atomic E-state index is 11.6. The molecule has 3 rings (SSSR count). The Morgan fingerprint density at radius 1 is 1.42 bits per heavy atom. The van der Waals surface area contributed by atoms with Gasteiger partial charge in [0.15, 0.2) is 0 Å². The lowest BCUT2D eigenvalue weighted by Gasteiger charge is -2.49. The highest BCUT2D eigenvalue weighted by atomic mass is 16.6. The number of allylic oxidation sites excluding steroid dienone is 1. The molecule has 0 aromatic carbocycles. The highest BCUT2D eigenvalue weighted by molar-refractivity contribution is 6.00. The Hall–Kier alpha value is -1.58. The molecule has 0 radical (unpaired) electrons. The average molecular weight is 261 g/mol. The molecule has 3 aliphatic rings. The zero-order valence-electron chi connectivity index (χ0n) is 11.2. The van der Waals surface area contributed by atoms with Crippen LogP contribution in [0.2, 0.25) is 0 Å². The van der Waals surface area contributed by atoms with Crippen LogP contribution in [0.3, 0.4) is 0 Å². The van der Waals surface area contributed by atoms with Gasteiger partial charge < -0.3 is 9.94 Å². The van der Waals surface area contributed by atoms with E-state index in [1.807, 2.05) is 0 Å². The van der Waals surface area contributed by atoms with Crippen molar-refractivity contribution in [3.8, 4) is 0 Å². The smallest absolute Gasteiger partial charge is 0.334 e. The van der Waals surface area contributed by atoms with Gasteiger partial charge in [0.2, 0.25) is 0 Å². The molecular formula is C15H19NO3. The van der Waals surface area contributed by atoms with Crippen molar-refractivity contribution in [3.05, 3.63) is 24.3 Å². The Labute approximate surface area is 112 Å². The van der Waals surface area contributed by atoms with E-state index in [1.165, 1.54) is 0 Å². The third-order valence-corrected chi connectivity index (χ3v) is 5.26. The average Bonchev–Trinajstić information content (AvgIpc) is 2.63. The van der Waals surface area contributed by atoms with Gasteiger partial charge in [-0.05, 0) is 42.6 Å². The van der Waals surface area contributed by atoms with E-state index in [-0.39, 0.29) is 29.3 Å². The summed E-state index contributed by atoms with van der Waals surface area (Å²) in [6.07, 6.45) is 3.34. The molecule has 2 aliphatic carbocycles. The molecular weight excluding hydrogens is 242 g/mol. The summed E-state index contributed by atoms with van der Waals surface area (Å²) in [5.74, 6) is 0.0962. The standard InChI is InChI=1S/C15H19NO3/c1-8-10-6-11-9(2)12(16-18)4-5-15(11,3)7-13(10)19-14(8)17/h10-11,13,18H,1-2,4-7H2,3H3/b16-12-/t10-,11+,13-,15-/m1/s1. The Morgan fingerprint density at radius 3 is 2.84 bits per heavy atom. The van der Waals surface area contributed by atoms with Gasteiger partial charge in [0.1, 0.15) is 6.10 Å². The summed E-state index contributed by atoms with van der Waals surface area (Å²) >= 11 is 0. The van der Waals surface area contributed by atoms with Gasteiger partial charge in [0, 0.05) is 11.5 Å². The van der Waals surface area contributed by atoms with E-state index in [1.54, 1.807) is 0 Å². The van der Waals surface area contributed by atoms with Crippen molar-refractivity contribution in [1.29, 1.82) is 0 Å². The molecule has 102 valence electrons. The van der Waals surface area contributed by atoms with Crippen molar-refractivity contribution in [3.63, 3.8) is 0 Å². The van der Waals surface area contributed by atoms with E-state index < -0.39 is 0 Å². The topological polar surface area (TPSA) is 58.9 Å². The fraction of sp³-hybridized carbons (Fsp3) is 0.600. The van der Waals surface area contributed by atoms with Gasteiger partial charge in [-0.1, -0.05) is 25.2 Å². The monoisotopic (exact) mass is 261 g/mol. The van der Waals surface area contributed by atoms with Gasteiger partial charge in [0.25, 0.3) is 0 Å². The van der Waals surface area contributed by atoms with E-state index in [9.17, 15) is 4.79 Å². The van der Waals surface area contributed by atoms with Gasteiger partial charge in [-0.3, -0.25) is 0 Å². The lowest BCUT2D eigenvalue weighted by Crippen LogP contribution is -2.45. The van der Waals surface area contributed by atoms with Gasteiger partial charge in [-0.2, -0.15) is 0 Å². The molecule has 1 saturated heterocycles. The van der Waals surface area contributed by atoms with Crippen LogP contribution in [0.15, 0.2) is 29.5 Å². The molecule has 1 N–H and O–H groups in total. The molecule has 1 aliphatic heterocycles. The van der Waals surface area contributed by atoms with Crippen LogP contribution in [0.4, 0.5) is 0 Å². The summed E-state index contributed by atoms with van der Waals surface area (Å²) in [5.41, 5.74) is 2.30. The molecule has 4 nitrogen and oxygen atoms in total. The molecule has 4 heteroatoms. The summed E-state index contributed by atoms with van der Waals surface area (Å²) < 4.78 is 5.43. The van der Waals surface area contributed by atoms with Gasteiger partial charge in [-0.25, -0.2) is 4.79 Å². The molecule has 0 amide bonds. The highest BCUT2D eigenvalue weighted by Crippen LogP contribution is 2.55. The van der Waals surface area contributed by atoms with Crippen LogP contribution in [0, 0.1) is 17.3 Å². The Bertz CT molecular complexity index is 508. The van der Waals surface area contributed by atoms with Crippen LogP contribution in [0.1, 0.15) is 32.6 Å². The predicted molar refractivity (Wildman–Crippen MR) is 70.9 cm³/mol. The molecule has 4 atom stereocenters. The van der Waals surface area contributed by atoms with Gasteiger partial charge >= 0.3 is 5.97 Å². The van der Waals surface area contributed by atoms with Crippen LogP contribution in [-0.2, 0) is 9.53 Å². The number of hydrogen-bond acceptors (Lipinski definition) is 4. The summed E-state index contributed by atoms with van der Waals surface area (Å²) in [4.78, 5) is 11.6. The normalized spacial score (nSPS) is 43.9. The molecule has 0 aromatic heterocycles. The largest absolute Gasteiger partial charge is 0.458 e. The second-order valence-electron chi connectivity index (χ2n) is 6.29. The molecule has 0 aromatic rings. The van der Waals surface area contributed by atoms with E-state index in [4.69, 9.17) is 9.94 Å². The minimum Gasteiger partial charge on any atom is -0.458 e. The molecule has 19 heavy (non-hydrogen) atoms. The van der Waals surface area contributed by atoms with E-state index >= 15 is 0 Å². The summed E-state index contributed by atoms with van der Waals surface area (Å²) in [6, 6.07) is 0. The highest BCUT2D eigenvalue weighted by Gasteiger charge is 2.53. The number of carbonyl (C=O) groups is 1. The first-order chi connectivity index (χ1) is 8.96. The van der Waals surface area contributed by atoms with E-state index in [0.717, 1.165) is 31.3 Å². The molecule has 0 bridgehead atoms. The number of fused-ring (bicyclic) bond motifs is 2. The minimum atomic E-state index is -0.251. The lowest BCUT2D eigenvalue weighted by atomic mass is 9.55. The predicted octanol–water partition coefficient (Wildman–Crippen LogP) is 2.68. The van der Waals surface area contributed by atoms with Crippen molar-refractivity contribution in [2.45, 2.75) is 38.7 Å². The number of carbonyl (C=O) groups excluding carboxylic acids is 1. The van der Waals surface area contributed by atoms with Crippen molar-refractivity contribution in [1.82, 2.24) is 0 Å². The maximum Gasteiger partial charge on any atom is 0.334 e. The van der Waals surface area contributed by atoms with Crippen LogP contribution < -0.4 is 0 Å². The van der Waals surface area contributed by atoms with Crippen molar-refractivity contribution in [2.24, 2.45) is 22.4 Å². The first-order valence-electron chi connectivity index (χ1n) is 6.76. The number of hydrogen-bond donors (Lipinski definition) is 1. The fourth-order valence-corrected chi connectivity index (χ4v) is 4.01. The first-order valence-corrected chi connectivity index (χ1v) is 6.76. The summed E-state index contributed by atoms with van der Waals surface area (Å²) in [6.45, 7) is 10.2. The summed E-state index contributed by atoms with van der Waals surface area (Å²) in [5, 5.41) is 12.4. The Morgan fingerprint density at radius 2 is 2.16 bits per heavy atom. The van der Waals surface area contributed by atoms with Crippen LogP contribution in [-0.4, -0.2) is 23.0 Å². The molecule has 0 unspecified atom stereocenters. The number of oxime groups is 1. The van der Waals surface area contributed by atoms with Crippen LogP contribution >= 0.6 is 0 Å². The second-order valence-corrected chi connectivity index (χ2v) is 6.29. The second kappa shape index (κ2) is 3.95. The van der Waals surface area contributed by atoms with Crippen molar-refractivity contribution < 1.29 is 14.7 Å². The fourth-order valence-electron chi connectivity index (χ4n) is 4.01.